The second-order valence-corrected chi connectivity index (χ2v) is 32.1. The summed E-state index contributed by atoms with van der Waals surface area (Å²) in [5.74, 6) is 3.81. The van der Waals surface area contributed by atoms with Crippen molar-refractivity contribution in [3.63, 3.8) is 0 Å². The summed E-state index contributed by atoms with van der Waals surface area (Å²) in [6, 6.07) is 141. The number of aromatic nitrogens is 6. The zero-order valence-corrected chi connectivity index (χ0v) is 65.0. The quantitative estimate of drug-likeness (QED) is 0.138. The molecule has 2 aromatic heterocycles. The van der Waals surface area contributed by atoms with Gasteiger partial charge in [0.05, 0.1) is 34.1 Å². The van der Waals surface area contributed by atoms with Crippen molar-refractivity contribution in [2.45, 2.75) is 30.4 Å². The topological polar surface area (TPSA) is 125 Å². The van der Waals surface area contributed by atoms with Crippen LogP contribution in [0.2, 0.25) is 0 Å². The molecule has 0 amide bonds. The summed E-state index contributed by atoms with van der Waals surface area (Å²) in [5.41, 5.74) is 27.6. The van der Waals surface area contributed by atoms with Crippen LogP contribution in [0.5, 0.6) is 0 Å². The van der Waals surface area contributed by atoms with Crippen molar-refractivity contribution in [1.29, 1.82) is 10.5 Å². The smallest absolute Gasteiger partial charge is 0.164 e. The van der Waals surface area contributed by atoms with Crippen LogP contribution in [0, 0.1) is 22.7 Å². The zero-order chi connectivity index (χ0) is 78.4. The Kier molecular flexibility index (Phi) is 16.8. The van der Waals surface area contributed by atoms with Crippen molar-refractivity contribution >= 4 is 45.1 Å². The van der Waals surface area contributed by atoms with Crippen molar-refractivity contribution in [1.82, 2.24) is 29.9 Å². The second-order valence-electron chi connectivity index (χ2n) is 30.0. The van der Waals surface area contributed by atoms with Crippen molar-refractivity contribution in [3.05, 3.63) is 444 Å². The molecule has 118 heavy (non-hydrogen) atoms. The van der Waals surface area contributed by atoms with Gasteiger partial charge in [0.1, 0.15) is 0 Å². The fourth-order valence-corrected chi connectivity index (χ4v) is 21.2. The van der Waals surface area contributed by atoms with E-state index in [2.05, 4.69) is 279 Å². The van der Waals surface area contributed by atoms with Gasteiger partial charge in [0.25, 0.3) is 0 Å². The van der Waals surface area contributed by atoms with E-state index in [9.17, 15) is 10.5 Å². The van der Waals surface area contributed by atoms with Gasteiger partial charge in [-0.1, -0.05) is 363 Å². The Bertz CT molecular complexity index is 7260. The Labute approximate surface area is 690 Å². The average molecular weight is 1540 g/mol. The third kappa shape index (κ3) is 11.1. The molecule has 2 atom stereocenters. The minimum Gasteiger partial charge on any atom is -0.208 e. The fraction of sp³-hybridized carbons (Fsp3) is 0.0185. The lowest BCUT2D eigenvalue weighted by Crippen LogP contribution is -2.32. The van der Waals surface area contributed by atoms with Crippen LogP contribution in [0.3, 0.4) is 0 Å². The third-order valence-corrected chi connectivity index (χ3v) is 26.1. The van der Waals surface area contributed by atoms with Crippen LogP contribution < -0.4 is 0 Å². The molecule has 2 aliphatic carbocycles. The maximum atomic E-state index is 9.61. The van der Waals surface area contributed by atoms with Gasteiger partial charge in [-0.2, -0.15) is 10.5 Å². The molecule has 0 saturated carbocycles. The molecule has 17 aromatic carbocycles. The standard InChI is InChI=1S/C57H34N4S.C51H30N4S/c58-35-36-26-28-37(29-27-36)42-21-13-24-49-53(42)62-51-25-12-11-23-48(51)57(49)47-22-10-9-20-45(47)52-44-19-8-7-18-43(44)46(34-50(52)57)38-30-32-41(33-31-38)56-60-54(39-14-3-1-4-15-39)59-55(61-56)40-16-5-2-6-17-40;52-31-32-26-28-33(29-27-32)36-21-13-24-43-47(36)56-45-25-12-11-23-42(45)51(43)41-22-10-9-20-39(41)46-38-19-8-7-18-37(38)40(30-44(46)51)50-54-48(34-14-3-1-4-15-34)53-49(55-50)35-16-5-2-6-17-35/h1-34H;1-30H. The molecule has 19 aromatic rings. The molecule has 2 unspecified atom stereocenters. The number of hydrogen-bond acceptors (Lipinski definition) is 10. The van der Waals surface area contributed by atoms with E-state index in [1.807, 2.05) is 145 Å². The van der Waals surface area contributed by atoms with Gasteiger partial charge >= 0.3 is 0 Å². The van der Waals surface area contributed by atoms with E-state index in [-0.39, 0.29) is 0 Å². The maximum absolute atomic E-state index is 9.61. The van der Waals surface area contributed by atoms with Gasteiger partial charge in [-0.15, -0.1) is 0 Å². The van der Waals surface area contributed by atoms with Crippen LogP contribution in [-0.4, -0.2) is 29.9 Å². The van der Waals surface area contributed by atoms with Gasteiger partial charge in [0.2, 0.25) is 0 Å². The summed E-state index contributed by atoms with van der Waals surface area (Å²) in [6.45, 7) is 0. The van der Waals surface area contributed by atoms with E-state index in [0.29, 0.717) is 46.1 Å². The first-order valence-corrected chi connectivity index (χ1v) is 41.0. The lowest BCUT2D eigenvalue weighted by Gasteiger charge is -2.40. The van der Waals surface area contributed by atoms with E-state index < -0.39 is 10.8 Å². The molecule has 2 aliphatic heterocycles. The summed E-state index contributed by atoms with van der Waals surface area (Å²) in [4.78, 5) is 35.4. The highest BCUT2D eigenvalue weighted by Gasteiger charge is 2.53. The number of benzene rings is 17. The molecule has 4 heterocycles. The monoisotopic (exact) mass is 1540 g/mol. The first-order chi connectivity index (χ1) is 58.4. The zero-order valence-electron chi connectivity index (χ0n) is 63.3. The summed E-state index contributed by atoms with van der Waals surface area (Å²) < 4.78 is 0. The number of nitriles is 2. The third-order valence-electron chi connectivity index (χ3n) is 23.7. The summed E-state index contributed by atoms with van der Waals surface area (Å²) >= 11 is 3.67. The lowest BCUT2D eigenvalue weighted by atomic mass is 9.66. The maximum Gasteiger partial charge on any atom is 0.164 e. The molecule has 23 rings (SSSR count). The first kappa shape index (κ1) is 69.7. The number of nitrogens with zero attached hydrogens (tertiary/aromatic N) is 8. The Balaban J connectivity index is 0.000000143. The number of hydrogen-bond donors (Lipinski definition) is 0. The number of rotatable bonds is 9. The van der Waals surface area contributed by atoms with Crippen LogP contribution in [0.4, 0.5) is 0 Å². The van der Waals surface area contributed by atoms with Crippen LogP contribution in [0.1, 0.15) is 55.6 Å². The normalized spacial score (nSPS) is 14.6. The molecule has 10 heteroatoms. The minimum atomic E-state index is -0.637. The van der Waals surface area contributed by atoms with Gasteiger partial charge in [-0.25, -0.2) is 29.9 Å². The Morgan fingerprint density at radius 2 is 0.483 bits per heavy atom. The van der Waals surface area contributed by atoms with Crippen molar-refractivity contribution in [2.75, 3.05) is 0 Å². The summed E-state index contributed by atoms with van der Waals surface area (Å²) in [7, 11) is 0. The van der Waals surface area contributed by atoms with E-state index in [1.165, 1.54) is 103 Å². The van der Waals surface area contributed by atoms with Gasteiger partial charge in [-0.3, -0.25) is 0 Å². The molecule has 548 valence electrons. The van der Waals surface area contributed by atoms with Gasteiger partial charge in [0.15, 0.2) is 34.9 Å². The second kappa shape index (κ2) is 28.5. The van der Waals surface area contributed by atoms with E-state index in [0.717, 1.165) is 72.0 Å². The predicted octanol–water partition coefficient (Wildman–Crippen LogP) is 26.5. The molecule has 0 N–H and O–H groups in total. The van der Waals surface area contributed by atoms with Gasteiger partial charge in [-0.05, 0) is 170 Å². The van der Waals surface area contributed by atoms with Crippen LogP contribution in [-0.2, 0) is 10.8 Å². The molecule has 0 fully saturated rings. The van der Waals surface area contributed by atoms with Gasteiger partial charge < -0.3 is 0 Å². The molecule has 0 saturated heterocycles. The molecular formula is C108H64N8S2. The Hall–Kier alpha value is -15.0. The highest BCUT2D eigenvalue weighted by Crippen LogP contribution is 2.67. The average Bonchev–Trinajstić information content (AvgIpc) is 1.50. The minimum absolute atomic E-state index is 0.586. The van der Waals surface area contributed by atoms with Crippen LogP contribution in [0.25, 0.3) is 146 Å². The van der Waals surface area contributed by atoms with E-state index in [1.54, 1.807) is 0 Å². The van der Waals surface area contributed by atoms with Crippen molar-refractivity contribution in [2.24, 2.45) is 0 Å². The van der Waals surface area contributed by atoms with Crippen molar-refractivity contribution < 1.29 is 0 Å². The van der Waals surface area contributed by atoms with E-state index >= 15 is 0 Å². The largest absolute Gasteiger partial charge is 0.208 e. The Morgan fingerprint density at radius 3 is 0.881 bits per heavy atom. The first-order valence-electron chi connectivity index (χ1n) is 39.4. The highest BCUT2D eigenvalue weighted by atomic mass is 32.2. The van der Waals surface area contributed by atoms with E-state index in [4.69, 9.17) is 29.9 Å². The van der Waals surface area contributed by atoms with Crippen LogP contribution >= 0.6 is 23.5 Å². The molecule has 0 radical (unpaired) electrons. The highest BCUT2D eigenvalue weighted by molar-refractivity contribution is 8.00. The molecule has 0 bridgehead atoms. The molecular weight excluding hydrogens is 1470 g/mol. The van der Waals surface area contributed by atoms with Crippen molar-refractivity contribution in [3.8, 4) is 136 Å². The lowest BCUT2D eigenvalue weighted by molar-refractivity contribution is 0.724. The number of fused-ring (bicyclic) bond motifs is 22. The molecule has 4 aliphatic rings. The van der Waals surface area contributed by atoms with Gasteiger partial charge in [0, 0.05) is 53.0 Å². The summed E-state index contributed by atoms with van der Waals surface area (Å²) in [5, 5.41) is 23.9. The Morgan fingerprint density at radius 1 is 0.203 bits per heavy atom. The SMILES string of the molecule is N#Cc1ccc(-c2cccc3c2Sc2ccccc2C32c3ccccc3-c3c2cc(-c2ccc(-c4nc(-c5ccccc5)nc(-c5ccccc5)n4)cc2)c2ccccc32)cc1.N#Cc1ccc(-c2cccc3c2Sc2ccccc2C32c3ccccc3-c3c2cc(-c2nc(-c4ccccc4)nc(-c4ccccc4)n2)c2ccccc32)cc1. The summed E-state index contributed by atoms with van der Waals surface area (Å²) in [6.07, 6.45) is 0. The molecule has 8 nitrogen and oxygen atoms in total. The van der Waals surface area contributed by atoms with Crippen LogP contribution in [0.15, 0.2) is 408 Å². The fourth-order valence-electron chi connectivity index (χ4n) is 18.5. The molecule has 2 spiro atoms. The predicted molar refractivity (Wildman–Crippen MR) is 476 cm³/mol.